The SMILES string of the molecule is O=C(O)CCCCCN1C(=O)c2ccc(Cl)cc2C1=O. The maximum absolute atomic E-state index is 12.1. The van der Waals surface area contributed by atoms with Crippen molar-refractivity contribution in [3.8, 4) is 0 Å². The van der Waals surface area contributed by atoms with Gasteiger partial charge in [0, 0.05) is 18.0 Å². The predicted octanol–water partition coefficient (Wildman–Crippen LogP) is 2.58. The van der Waals surface area contributed by atoms with E-state index in [1.807, 2.05) is 0 Å². The van der Waals surface area contributed by atoms with Crippen LogP contribution in [0.2, 0.25) is 5.02 Å². The lowest BCUT2D eigenvalue weighted by Crippen LogP contribution is -2.30. The number of nitrogens with zero attached hydrogens (tertiary/aromatic N) is 1. The minimum atomic E-state index is -0.833. The van der Waals surface area contributed by atoms with Gasteiger partial charge >= 0.3 is 5.97 Å². The number of carbonyl (C=O) groups is 3. The van der Waals surface area contributed by atoms with Crippen LogP contribution in [0, 0.1) is 0 Å². The molecule has 0 aromatic heterocycles. The number of unbranched alkanes of at least 4 members (excludes halogenated alkanes) is 2. The summed E-state index contributed by atoms with van der Waals surface area (Å²) in [5, 5.41) is 8.95. The van der Waals surface area contributed by atoms with Crippen LogP contribution < -0.4 is 0 Å². The lowest BCUT2D eigenvalue weighted by atomic mass is 10.1. The second kappa shape index (κ2) is 6.05. The molecule has 20 heavy (non-hydrogen) atoms. The Balaban J connectivity index is 1.93. The standard InChI is InChI=1S/C14H14ClNO4/c15-9-5-6-10-11(8-9)14(20)16(13(10)19)7-3-1-2-4-12(17)18/h5-6,8H,1-4,7H2,(H,17,18). The van der Waals surface area contributed by atoms with E-state index in [2.05, 4.69) is 0 Å². The highest BCUT2D eigenvalue weighted by Gasteiger charge is 2.34. The molecular weight excluding hydrogens is 282 g/mol. The zero-order chi connectivity index (χ0) is 14.7. The Kier molecular flexibility index (Phi) is 4.39. The van der Waals surface area contributed by atoms with Crippen LogP contribution in [0.15, 0.2) is 18.2 Å². The topological polar surface area (TPSA) is 74.7 Å². The van der Waals surface area contributed by atoms with Crippen molar-refractivity contribution in [2.45, 2.75) is 25.7 Å². The van der Waals surface area contributed by atoms with Gasteiger partial charge in [-0.25, -0.2) is 0 Å². The Bertz CT molecular complexity index is 570. The molecule has 0 fully saturated rings. The summed E-state index contributed by atoms with van der Waals surface area (Å²) in [6.45, 7) is 0.309. The van der Waals surface area contributed by atoms with Gasteiger partial charge in [-0.2, -0.15) is 0 Å². The van der Waals surface area contributed by atoms with Crippen molar-refractivity contribution in [1.82, 2.24) is 4.90 Å². The molecule has 6 heteroatoms. The van der Waals surface area contributed by atoms with Crippen molar-refractivity contribution in [3.63, 3.8) is 0 Å². The monoisotopic (exact) mass is 295 g/mol. The van der Waals surface area contributed by atoms with Crippen LogP contribution in [0.5, 0.6) is 0 Å². The Morgan fingerprint density at radius 1 is 1.10 bits per heavy atom. The summed E-state index contributed by atoms with van der Waals surface area (Å²) < 4.78 is 0. The number of rotatable bonds is 6. The average molecular weight is 296 g/mol. The number of carboxylic acids is 1. The molecule has 2 rings (SSSR count). The predicted molar refractivity (Wildman–Crippen MR) is 72.9 cm³/mol. The highest BCUT2D eigenvalue weighted by Crippen LogP contribution is 2.26. The van der Waals surface area contributed by atoms with Crippen LogP contribution in [0.3, 0.4) is 0 Å². The van der Waals surface area contributed by atoms with Gasteiger partial charge < -0.3 is 5.11 Å². The summed E-state index contributed by atoms with van der Waals surface area (Å²) >= 11 is 5.82. The number of amides is 2. The molecule has 2 amide bonds. The van der Waals surface area contributed by atoms with Gasteiger partial charge in [-0.15, -0.1) is 0 Å². The van der Waals surface area contributed by atoms with Crippen LogP contribution >= 0.6 is 11.6 Å². The molecule has 0 aliphatic carbocycles. The van der Waals surface area contributed by atoms with E-state index in [1.165, 1.54) is 11.0 Å². The average Bonchev–Trinajstić information content (AvgIpc) is 2.62. The van der Waals surface area contributed by atoms with Crippen molar-refractivity contribution in [2.24, 2.45) is 0 Å². The first-order chi connectivity index (χ1) is 9.50. The molecule has 1 aromatic carbocycles. The Morgan fingerprint density at radius 2 is 1.80 bits per heavy atom. The molecule has 1 aliphatic heterocycles. The third-order valence-corrected chi connectivity index (χ3v) is 3.44. The lowest BCUT2D eigenvalue weighted by molar-refractivity contribution is -0.137. The van der Waals surface area contributed by atoms with E-state index in [4.69, 9.17) is 16.7 Å². The van der Waals surface area contributed by atoms with Crippen molar-refractivity contribution < 1.29 is 19.5 Å². The minimum Gasteiger partial charge on any atom is -0.481 e. The normalized spacial score (nSPS) is 13.8. The molecule has 1 heterocycles. The third-order valence-electron chi connectivity index (χ3n) is 3.21. The number of imide groups is 1. The van der Waals surface area contributed by atoms with Crippen LogP contribution in [-0.4, -0.2) is 34.3 Å². The number of fused-ring (bicyclic) bond motifs is 1. The molecule has 0 spiro atoms. The van der Waals surface area contributed by atoms with Crippen LogP contribution in [0.1, 0.15) is 46.4 Å². The van der Waals surface area contributed by atoms with E-state index >= 15 is 0 Å². The van der Waals surface area contributed by atoms with Crippen molar-refractivity contribution in [2.75, 3.05) is 6.54 Å². The van der Waals surface area contributed by atoms with Gasteiger partial charge in [0.05, 0.1) is 11.1 Å². The van der Waals surface area contributed by atoms with Crippen molar-refractivity contribution >= 4 is 29.4 Å². The first-order valence-electron chi connectivity index (χ1n) is 6.38. The van der Waals surface area contributed by atoms with E-state index < -0.39 is 5.97 Å². The molecule has 5 nitrogen and oxygen atoms in total. The smallest absolute Gasteiger partial charge is 0.303 e. The summed E-state index contributed by atoms with van der Waals surface area (Å²) in [6, 6.07) is 4.64. The number of hydrogen-bond donors (Lipinski definition) is 1. The fourth-order valence-electron chi connectivity index (χ4n) is 2.19. The van der Waals surface area contributed by atoms with E-state index in [0.717, 1.165) is 0 Å². The van der Waals surface area contributed by atoms with Crippen molar-refractivity contribution in [3.05, 3.63) is 34.3 Å². The van der Waals surface area contributed by atoms with E-state index in [1.54, 1.807) is 12.1 Å². The maximum Gasteiger partial charge on any atom is 0.303 e. The molecular formula is C14H14ClNO4. The van der Waals surface area contributed by atoms with E-state index in [-0.39, 0.29) is 18.2 Å². The number of aliphatic carboxylic acids is 1. The zero-order valence-corrected chi connectivity index (χ0v) is 11.5. The fraction of sp³-hybridized carbons (Fsp3) is 0.357. The van der Waals surface area contributed by atoms with Crippen LogP contribution in [0.25, 0.3) is 0 Å². The second-order valence-electron chi connectivity index (χ2n) is 4.66. The number of hydrogen-bond acceptors (Lipinski definition) is 3. The Labute approximate surface area is 121 Å². The molecule has 106 valence electrons. The number of carbonyl (C=O) groups excluding carboxylic acids is 2. The summed E-state index contributed by atoms with van der Waals surface area (Å²) in [7, 11) is 0. The maximum atomic E-state index is 12.1. The van der Waals surface area contributed by atoms with Gasteiger partial charge in [0.2, 0.25) is 0 Å². The van der Waals surface area contributed by atoms with E-state index in [0.29, 0.717) is 42.0 Å². The van der Waals surface area contributed by atoms with Gasteiger partial charge in [0.1, 0.15) is 0 Å². The number of halogens is 1. The van der Waals surface area contributed by atoms with Gasteiger partial charge in [0.15, 0.2) is 0 Å². The Morgan fingerprint density at radius 3 is 2.50 bits per heavy atom. The molecule has 1 aliphatic rings. The molecule has 1 N–H and O–H groups in total. The lowest BCUT2D eigenvalue weighted by Gasteiger charge is -2.13. The molecule has 1 aromatic rings. The van der Waals surface area contributed by atoms with Gasteiger partial charge in [-0.3, -0.25) is 19.3 Å². The molecule has 0 saturated heterocycles. The third kappa shape index (κ3) is 2.99. The summed E-state index contributed by atoms with van der Waals surface area (Å²) in [5.74, 6) is -1.47. The summed E-state index contributed by atoms with van der Waals surface area (Å²) in [4.78, 5) is 35.7. The highest BCUT2D eigenvalue weighted by molar-refractivity contribution is 6.32. The number of benzene rings is 1. The summed E-state index contributed by atoms with van der Waals surface area (Å²) in [6.07, 6.45) is 1.93. The van der Waals surface area contributed by atoms with Crippen LogP contribution in [-0.2, 0) is 4.79 Å². The van der Waals surface area contributed by atoms with Gasteiger partial charge in [-0.05, 0) is 31.0 Å². The van der Waals surface area contributed by atoms with Crippen molar-refractivity contribution in [1.29, 1.82) is 0 Å². The minimum absolute atomic E-state index is 0.109. The molecule has 0 bridgehead atoms. The first kappa shape index (κ1) is 14.5. The molecule has 0 saturated carbocycles. The van der Waals surface area contributed by atoms with Crippen LogP contribution in [0.4, 0.5) is 0 Å². The number of carboxylic acid groups (broad SMARTS) is 1. The quantitative estimate of drug-likeness (QED) is 0.646. The second-order valence-corrected chi connectivity index (χ2v) is 5.09. The Hall–Kier alpha value is -1.88. The zero-order valence-electron chi connectivity index (χ0n) is 10.8. The first-order valence-corrected chi connectivity index (χ1v) is 6.76. The van der Waals surface area contributed by atoms with Gasteiger partial charge in [0.25, 0.3) is 11.8 Å². The molecule has 0 unspecified atom stereocenters. The highest BCUT2D eigenvalue weighted by atomic mass is 35.5. The van der Waals surface area contributed by atoms with Gasteiger partial charge in [-0.1, -0.05) is 18.0 Å². The summed E-state index contributed by atoms with van der Waals surface area (Å²) in [5.41, 5.74) is 0.720. The molecule has 0 radical (unpaired) electrons. The van der Waals surface area contributed by atoms with E-state index in [9.17, 15) is 14.4 Å². The molecule has 0 atom stereocenters. The fourth-order valence-corrected chi connectivity index (χ4v) is 2.36. The largest absolute Gasteiger partial charge is 0.481 e.